The van der Waals surface area contributed by atoms with Gasteiger partial charge in [0.15, 0.2) is 0 Å². The van der Waals surface area contributed by atoms with Gasteiger partial charge in [0.25, 0.3) is 5.91 Å². The first-order valence-corrected chi connectivity index (χ1v) is 8.31. The molecule has 0 spiro atoms. The van der Waals surface area contributed by atoms with Crippen molar-refractivity contribution in [2.45, 2.75) is 27.2 Å². The van der Waals surface area contributed by atoms with Crippen LogP contribution in [0.1, 0.15) is 37.6 Å². The number of hydrogen-bond donors (Lipinski definition) is 0. The number of benzene rings is 1. The van der Waals surface area contributed by atoms with E-state index in [4.69, 9.17) is 4.74 Å². The third kappa shape index (κ3) is 4.71. The maximum Gasteiger partial charge on any atom is 0.253 e. The SMILES string of the molecule is CCOc1ccc(C(=O)N2CCN(C(=O)CC(C)C)CC2)cc1. The number of amides is 2. The van der Waals surface area contributed by atoms with E-state index in [0.717, 1.165) is 5.75 Å². The van der Waals surface area contributed by atoms with Gasteiger partial charge in [-0.25, -0.2) is 0 Å². The van der Waals surface area contributed by atoms with Crippen molar-refractivity contribution in [2.24, 2.45) is 5.92 Å². The summed E-state index contributed by atoms with van der Waals surface area (Å²) in [6.45, 7) is 9.06. The zero-order valence-electron chi connectivity index (χ0n) is 14.2. The number of nitrogens with zero attached hydrogens (tertiary/aromatic N) is 2. The molecule has 0 aliphatic carbocycles. The summed E-state index contributed by atoms with van der Waals surface area (Å²) in [6.07, 6.45) is 0.576. The van der Waals surface area contributed by atoms with Gasteiger partial charge in [-0.05, 0) is 37.1 Å². The van der Waals surface area contributed by atoms with Crippen LogP contribution in [0.25, 0.3) is 0 Å². The molecule has 1 saturated heterocycles. The summed E-state index contributed by atoms with van der Waals surface area (Å²) in [6, 6.07) is 7.23. The van der Waals surface area contributed by atoms with Crippen LogP contribution < -0.4 is 4.74 Å². The van der Waals surface area contributed by atoms with Crippen molar-refractivity contribution in [3.63, 3.8) is 0 Å². The molecule has 1 aromatic rings. The zero-order valence-corrected chi connectivity index (χ0v) is 14.2. The molecule has 0 bridgehead atoms. The van der Waals surface area contributed by atoms with Crippen LogP contribution in [0.3, 0.4) is 0 Å². The predicted octanol–water partition coefficient (Wildman–Crippen LogP) is 2.42. The van der Waals surface area contributed by atoms with Gasteiger partial charge < -0.3 is 14.5 Å². The molecular formula is C18H26N2O3. The maximum atomic E-state index is 12.5. The Morgan fingerprint density at radius 1 is 1.04 bits per heavy atom. The third-order valence-electron chi connectivity index (χ3n) is 3.91. The fourth-order valence-electron chi connectivity index (χ4n) is 2.68. The van der Waals surface area contributed by atoms with Crippen molar-refractivity contribution in [2.75, 3.05) is 32.8 Å². The highest BCUT2D eigenvalue weighted by molar-refractivity contribution is 5.94. The topological polar surface area (TPSA) is 49.9 Å². The smallest absolute Gasteiger partial charge is 0.253 e. The molecule has 0 saturated carbocycles. The Morgan fingerprint density at radius 2 is 1.61 bits per heavy atom. The van der Waals surface area contributed by atoms with Crippen molar-refractivity contribution in [3.8, 4) is 5.75 Å². The molecule has 0 aromatic heterocycles. The quantitative estimate of drug-likeness (QED) is 0.838. The largest absolute Gasteiger partial charge is 0.494 e. The van der Waals surface area contributed by atoms with Gasteiger partial charge in [0, 0.05) is 38.2 Å². The normalized spacial score (nSPS) is 15.0. The number of rotatable bonds is 5. The van der Waals surface area contributed by atoms with Crippen LogP contribution >= 0.6 is 0 Å². The second-order valence-corrected chi connectivity index (χ2v) is 6.23. The number of ether oxygens (including phenoxy) is 1. The van der Waals surface area contributed by atoms with Gasteiger partial charge >= 0.3 is 0 Å². The van der Waals surface area contributed by atoms with Gasteiger partial charge in [0.2, 0.25) is 5.91 Å². The number of carbonyl (C=O) groups excluding carboxylic acids is 2. The average Bonchev–Trinajstić information content (AvgIpc) is 2.55. The summed E-state index contributed by atoms with van der Waals surface area (Å²) in [4.78, 5) is 28.2. The molecule has 5 nitrogen and oxygen atoms in total. The average molecular weight is 318 g/mol. The van der Waals surface area contributed by atoms with Crippen LogP contribution in [-0.2, 0) is 4.79 Å². The van der Waals surface area contributed by atoms with Crippen LogP contribution in [0, 0.1) is 5.92 Å². The Bertz CT molecular complexity index is 532. The van der Waals surface area contributed by atoms with E-state index in [1.54, 1.807) is 12.1 Å². The van der Waals surface area contributed by atoms with E-state index >= 15 is 0 Å². The number of carbonyl (C=O) groups is 2. The van der Waals surface area contributed by atoms with E-state index in [-0.39, 0.29) is 11.8 Å². The lowest BCUT2D eigenvalue weighted by Crippen LogP contribution is -2.50. The van der Waals surface area contributed by atoms with E-state index in [1.165, 1.54) is 0 Å². The Hall–Kier alpha value is -2.04. The van der Waals surface area contributed by atoms with Crippen LogP contribution in [0.4, 0.5) is 0 Å². The zero-order chi connectivity index (χ0) is 16.8. The minimum absolute atomic E-state index is 0.0176. The second kappa shape index (κ2) is 7.99. The Morgan fingerprint density at radius 3 is 2.13 bits per heavy atom. The van der Waals surface area contributed by atoms with E-state index < -0.39 is 0 Å². The lowest BCUT2D eigenvalue weighted by atomic mass is 10.1. The van der Waals surface area contributed by atoms with Crippen molar-refractivity contribution < 1.29 is 14.3 Å². The highest BCUT2D eigenvalue weighted by Gasteiger charge is 2.25. The highest BCUT2D eigenvalue weighted by Crippen LogP contribution is 2.15. The summed E-state index contributed by atoms with van der Waals surface area (Å²) in [5.74, 6) is 1.34. The predicted molar refractivity (Wildman–Crippen MR) is 89.5 cm³/mol. The summed E-state index contributed by atoms with van der Waals surface area (Å²) in [5, 5.41) is 0. The third-order valence-corrected chi connectivity index (χ3v) is 3.91. The first kappa shape index (κ1) is 17.3. The van der Waals surface area contributed by atoms with Crippen molar-refractivity contribution in [1.29, 1.82) is 0 Å². The fourth-order valence-corrected chi connectivity index (χ4v) is 2.68. The summed E-state index contributed by atoms with van der Waals surface area (Å²) >= 11 is 0. The van der Waals surface area contributed by atoms with Gasteiger partial charge in [-0.3, -0.25) is 9.59 Å². The van der Waals surface area contributed by atoms with Crippen molar-refractivity contribution in [3.05, 3.63) is 29.8 Å². The molecule has 0 unspecified atom stereocenters. The molecule has 0 radical (unpaired) electrons. The van der Waals surface area contributed by atoms with Gasteiger partial charge in [-0.2, -0.15) is 0 Å². The standard InChI is InChI=1S/C18H26N2O3/c1-4-23-16-7-5-15(6-8-16)18(22)20-11-9-19(10-12-20)17(21)13-14(2)3/h5-8,14H,4,9-13H2,1-3H3. The lowest BCUT2D eigenvalue weighted by Gasteiger charge is -2.35. The first-order chi connectivity index (χ1) is 11.0. The summed E-state index contributed by atoms with van der Waals surface area (Å²) < 4.78 is 5.39. The molecule has 1 aromatic carbocycles. The Balaban J connectivity index is 1.89. The summed E-state index contributed by atoms with van der Waals surface area (Å²) in [7, 11) is 0. The molecule has 1 aliphatic heterocycles. The monoisotopic (exact) mass is 318 g/mol. The molecule has 0 atom stereocenters. The van der Waals surface area contributed by atoms with Gasteiger partial charge in [-0.15, -0.1) is 0 Å². The van der Waals surface area contributed by atoms with E-state index in [1.807, 2.05) is 42.7 Å². The molecule has 126 valence electrons. The lowest BCUT2D eigenvalue weighted by molar-refractivity contribution is -0.133. The molecule has 5 heteroatoms. The Labute approximate surface area is 138 Å². The first-order valence-electron chi connectivity index (χ1n) is 8.31. The molecule has 2 rings (SSSR count). The molecule has 1 heterocycles. The van der Waals surface area contributed by atoms with Gasteiger partial charge in [0.1, 0.15) is 5.75 Å². The van der Waals surface area contributed by atoms with Crippen molar-refractivity contribution >= 4 is 11.8 Å². The van der Waals surface area contributed by atoms with Crippen LogP contribution in [0.5, 0.6) is 5.75 Å². The molecule has 0 N–H and O–H groups in total. The van der Waals surface area contributed by atoms with Crippen LogP contribution in [0.15, 0.2) is 24.3 Å². The fraction of sp³-hybridized carbons (Fsp3) is 0.556. The van der Waals surface area contributed by atoms with Crippen LogP contribution in [0.2, 0.25) is 0 Å². The van der Waals surface area contributed by atoms with Crippen LogP contribution in [-0.4, -0.2) is 54.4 Å². The minimum Gasteiger partial charge on any atom is -0.494 e. The molecule has 23 heavy (non-hydrogen) atoms. The molecule has 2 amide bonds. The second-order valence-electron chi connectivity index (χ2n) is 6.23. The summed E-state index contributed by atoms with van der Waals surface area (Å²) in [5.41, 5.74) is 0.662. The van der Waals surface area contributed by atoms with Crippen molar-refractivity contribution in [1.82, 2.24) is 9.80 Å². The molecule has 1 fully saturated rings. The van der Waals surface area contributed by atoms with Gasteiger partial charge in [0.05, 0.1) is 6.61 Å². The van der Waals surface area contributed by atoms with Gasteiger partial charge in [-0.1, -0.05) is 13.8 Å². The maximum absolute atomic E-state index is 12.5. The number of hydrogen-bond acceptors (Lipinski definition) is 3. The Kier molecular flexibility index (Phi) is 6.02. The highest BCUT2D eigenvalue weighted by atomic mass is 16.5. The molecular weight excluding hydrogens is 292 g/mol. The van der Waals surface area contributed by atoms with E-state index in [0.29, 0.717) is 50.7 Å². The minimum atomic E-state index is 0.0176. The molecule has 1 aliphatic rings. The van der Waals surface area contributed by atoms with E-state index in [9.17, 15) is 9.59 Å². The van der Waals surface area contributed by atoms with E-state index in [2.05, 4.69) is 0 Å². The number of piperazine rings is 1.